The van der Waals surface area contributed by atoms with E-state index < -0.39 is 0 Å². The Morgan fingerprint density at radius 3 is 2.76 bits per heavy atom. The van der Waals surface area contributed by atoms with Crippen LogP contribution in [0.15, 0.2) is 30.5 Å². The second kappa shape index (κ2) is 15.0. The summed E-state index contributed by atoms with van der Waals surface area (Å²) in [5.41, 5.74) is 1.15. The van der Waals surface area contributed by atoms with E-state index in [2.05, 4.69) is 15.2 Å². The van der Waals surface area contributed by atoms with E-state index >= 15 is 0 Å². The molecule has 0 saturated carbocycles. The third-order valence-corrected chi connectivity index (χ3v) is 5.89. The fraction of sp³-hybridized carbons (Fsp3) is 0.640. The first-order valence-corrected chi connectivity index (χ1v) is 12.9. The van der Waals surface area contributed by atoms with E-state index in [1.54, 1.807) is 6.20 Å². The summed E-state index contributed by atoms with van der Waals surface area (Å²) in [6, 6.07) is 4.04. The lowest BCUT2D eigenvalue weighted by molar-refractivity contribution is -0.145. The number of likely N-dealkylation sites (tertiary alicyclic amines) is 1. The summed E-state index contributed by atoms with van der Waals surface area (Å²) >= 11 is 1.45. The zero-order chi connectivity index (χ0) is 23.9. The summed E-state index contributed by atoms with van der Waals surface area (Å²) in [6.45, 7) is 10.5. The van der Waals surface area contributed by atoms with Crippen LogP contribution < -0.4 is 10.1 Å². The number of hydrogen-bond acceptors (Lipinski definition) is 7. The molecule has 1 aromatic rings. The molecule has 1 fully saturated rings. The Morgan fingerprint density at radius 2 is 2.00 bits per heavy atom. The van der Waals surface area contributed by atoms with E-state index in [0.717, 1.165) is 19.6 Å². The Labute approximate surface area is 202 Å². The number of carbonyl (C=O) groups is 2. The normalized spacial score (nSPS) is 14.9. The van der Waals surface area contributed by atoms with Crippen LogP contribution in [0.5, 0.6) is 5.88 Å². The Morgan fingerprint density at radius 1 is 1.21 bits per heavy atom. The molecular formula is C25H39N3O4S. The lowest BCUT2D eigenvalue weighted by Gasteiger charge is -2.26. The molecule has 184 valence electrons. The molecule has 1 amide bonds. The number of nitrogens with zero attached hydrogens (tertiary/aromatic N) is 2. The lowest BCUT2D eigenvalue weighted by atomic mass is 9.93. The van der Waals surface area contributed by atoms with Crippen LogP contribution in [0.1, 0.15) is 52.0 Å². The molecule has 2 heterocycles. The van der Waals surface area contributed by atoms with Gasteiger partial charge in [0.15, 0.2) is 0 Å². The molecule has 1 aromatic heterocycles. The third kappa shape index (κ3) is 13.3. The van der Waals surface area contributed by atoms with Gasteiger partial charge in [-0.3, -0.25) is 14.5 Å². The summed E-state index contributed by atoms with van der Waals surface area (Å²) in [4.78, 5) is 30.3. The van der Waals surface area contributed by atoms with Crippen molar-refractivity contribution in [2.24, 2.45) is 5.41 Å². The average Bonchev–Trinajstić information content (AvgIpc) is 2.75. The van der Waals surface area contributed by atoms with Crippen LogP contribution >= 0.6 is 11.8 Å². The van der Waals surface area contributed by atoms with Gasteiger partial charge in [0.25, 0.3) is 0 Å². The number of piperidine rings is 1. The van der Waals surface area contributed by atoms with Crippen molar-refractivity contribution in [3.05, 3.63) is 36.0 Å². The first-order chi connectivity index (χ1) is 15.8. The van der Waals surface area contributed by atoms with E-state index in [1.165, 1.54) is 36.6 Å². The topological polar surface area (TPSA) is 80.8 Å². The molecule has 0 bridgehead atoms. The van der Waals surface area contributed by atoms with Gasteiger partial charge in [-0.25, -0.2) is 4.98 Å². The fourth-order valence-corrected chi connectivity index (χ4v) is 4.01. The third-order valence-electron chi connectivity index (χ3n) is 4.96. The summed E-state index contributed by atoms with van der Waals surface area (Å²) in [5, 5.41) is 2.84. The van der Waals surface area contributed by atoms with Crippen molar-refractivity contribution < 1.29 is 19.1 Å². The summed E-state index contributed by atoms with van der Waals surface area (Å²) in [6.07, 6.45) is 9.83. The summed E-state index contributed by atoms with van der Waals surface area (Å²) in [7, 11) is 0. The molecule has 0 atom stereocenters. The van der Waals surface area contributed by atoms with E-state index in [4.69, 9.17) is 9.47 Å². The molecule has 2 rings (SSSR count). The van der Waals surface area contributed by atoms with Crippen molar-refractivity contribution in [3.63, 3.8) is 0 Å². The molecule has 0 unspecified atom stereocenters. The second-order valence-corrected chi connectivity index (χ2v) is 10.5. The van der Waals surface area contributed by atoms with Crippen LogP contribution in [-0.2, 0) is 20.9 Å². The number of esters is 1. The fourth-order valence-electron chi connectivity index (χ4n) is 3.38. The second-order valence-electron chi connectivity index (χ2n) is 9.44. The monoisotopic (exact) mass is 477 g/mol. The van der Waals surface area contributed by atoms with Gasteiger partial charge in [0.2, 0.25) is 11.8 Å². The number of pyridine rings is 1. The minimum Gasteiger partial charge on any atom is -0.473 e. The number of ether oxygens (including phenoxy) is 2. The Bertz CT molecular complexity index is 758. The molecule has 1 N–H and O–H groups in total. The van der Waals surface area contributed by atoms with Crippen LogP contribution in [0.4, 0.5) is 0 Å². The highest BCUT2D eigenvalue weighted by Gasteiger charge is 2.16. The predicted molar refractivity (Wildman–Crippen MR) is 133 cm³/mol. The van der Waals surface area contributed by atoms with Gasteiger partial charge in [-0.05, 0) is 49.1 Å². The van der Waals surface area contributed by atoms with E-state index in [1.807, 2.05) is 45.1 Å². The maximum Gasteiger partial charge on any atom is 0.306 e. The molecule has 1 aliphatic rings. The van der Waals surface area contributed by atoms with Crippen molar-refractivity contribution in [2.75, 3.05) is 44.4 Å². The van der Waals surface area contributed by atoms with Gasteiger partial charge in [-0.15, -0.1) is 11.8 Å². The highest BCUT2D eigenvalue weighted by molar-refractivity contribution is 7.99. The van der Waals surface area contributed by atoms with E-state index in [0.29, 0.717) is 43.6 Å². The minimum atomic E-state index is -0.191. The van der Waals surface area contributed by atoms with Crippen molar-refractivity contribution in [2.45, 2.75) is 53.0 Å². The highest BCUT2D eigenvalue weighted by atomic mass is 32.2. The maximum atomic E-state index is 11.9. The van der Waals surface area contributed by atoms with Gasteiger partial charge in [0.05, 0.1) is 12.2 Å². The molecule has 33 heavy (non-hydrogen) atoms. The molecule has 1 saturated heterocycles. The zero-order valence-corrected chi connectivity index (χ0v) is 21.1. The molecule has 0 aromatic carbocycles. The number of amides is 1. The first-order valence-electron chi connectivity index (χ1n) is 11.8. The van der Waals surface area contributed by atoms with Gasteiger partial charge in [0, 0.05) is 31.1 Å². The number of thioether (sulfide) groups is 1. The number of carbonyl (C=O) groups excluding carboxylic acids is 2. The van der Waals surface area contributed by atoms with Gasteiger partial charge in [-0.1, -0.05) is 33.3 Å². The zero-order valence-electron chi connectivity index (χ0n) is 20.3. The molecule has 0 radical (unpaired) electrons. The summed E-state index contributed by atoms with van der Waals surface area (Å²) in [5.74, 6) is 1.34. The highest BCUT2D eigenvalue weighted by Crippen LogP contribution is 2.19. The molecule has 7 nitrogen and oxygen atoms in total. The molecule has 0 spiro atoms. The Hall–Kier alpha value is -2.06. The van der Waals surface area contributed by atoms with Gasteiger partial charge < -0.3 is 14.8 Å². The lowest BCUT2D eigenvalue weighted by Crippen LogP contribution is -2.29. The molecular weight excluding hydrogens is 438 g/mol. The van der Waals surface area contributed by atoms with E-state index in [9.17, 15) is 9.59 Å². The first kappa shape index (κ1) is 27.2. The number of aromatic nitrogens is 1. The number of hydrogen-bond donors (Lipinski definition) is 1. The van der Waals surface area contributed by atoms with Crippen LogP contribution in [0.3, 0.4) is 0 Å². The van der Waals surface area contributed by atoms with Gasteiger partial charge in [0.1, 0.15) is 13.2 Å². The predicted octanol–water partition coefficient (Wildman–Crippen LogP) is 3.83. The number of nitrogens with one attached hydrogen (secondary N) is 1. The van der Waals surface area contributed by atoms with Crippen molar-refractivity contribution in [1.29, 1.82) is 0 Å². The Kier molecular flexibility index (Phi) is 12.3. The SMILES string of the molecule is CC(C)(C)CC(=O)OCCSCC(=O)NC/C=C\COc1cc(CN2CCCCC2)ccn1. The van der Waals surface area contributed by atoms with Gasteiger partial charge >= 0.3 is 5.97 Å². The van der Waals surface area contributed by atoms with Crippen molar-refractivity contribution in [3.8, 4) is 5.88 Å². The van der Waals surface area contributed by atoms with Crippen molar-refractivity contribution >= 4 is 23.6 Å². The Balaban J connectivity index is 1.51. The largest absolute Gasteiger partial charge is 0.473 e. The maximum absolute atomic E-state index is 11.9. The minimum absolute atomic E-state index is 0.0429. The van der Waals surface area contributed by atoms with Crippen LogP contribution in [-0.4, -0.2) is 66.1 Å². The molecule has 1 aliphatic heterocycles. The smallest absolute Gasteiger partial charge is 0.306 e. The average molecular weight is 478 g/mol. The number of rotatable bonds is 13. The molecule has 0 aliphatic carbocycles. The standard InChI is InChI=1S/C25H39N3O4S/c1-25(2,3)18-24(30)32-15-16-33-20-22(29)26-10-5-8-14-31-23-17-21(9-11-27-23)19-28-12-6-4-7-13-28/h5,8-9,11,17H,4,6-7,10,12-16,18-20H2,1-3H3,(H,26,29)/b8-5-. The van der Waals surface area contributed by atoms with Gasteiger partial charge in [-0.2, -0.15) is 0 Å². The van der Waals surface area contributed by atoms with Crippen LogP contribution in [0.25, 0.3) is 0 Å². The van der Waals surface area contributed by atoms with E-state index in [-0.39, 0.29) is 17.3 Å². The van der Waals surface area contributed by atoms with Crippen LogP contribution in [0.2, 0.25) is 0 Å². The van der Waals surface area contributed by atoms with Crippen molar-refractivity contribution in [1.82, 2.24) is 15.2 Å². The molecule has 8 heteroatoms. The summed E-state index contributed by atoms with van der Waals surface area (Å²) < 4.78 is 10.9. The van der Waals surface area contributed by atoms with Crippen LogP contribution in [0, 0.1) is 5.41 Å². The quantitative estimate of drug-likeness (QED) is 0.263.